The molecular formula is C14H22N2O. The summed E-state index contributed by atoms with van der Waals surface area (Å²) in [6.07, 6.45) is 4.36. The Bertz CT molecular complexity index is 370. The van der Waals surface area contributed by atoms with E-state index in [1.54, 1.807) is 0 Å². The Kier molecular flexibility index (Phi) is 3.57. The van der Waals surface area contributed by atoms with Crippen molar-refractivity contribution in [1.82, 2.24) is 0 Å². The minimum absolute atomic E-state index is 0.175. The van der Waals surface area contributed by atoms with Gasteiger partial charge >= 0.3 is 0 Å². The summed E-state index contributed by atoms with van der Waals surface area (Å²) in [5.41, 5.74) is 7.45. The van der Waals surface area contributed by atoms with Gasteiger partial charge in [-0.15, -0.1) is 0 Å². The summed E-state index contributed by atoms with van der Waals surface area (Å²) in [5, 5.41) is 13.1. The molecule has 0 unspecified atom stereocenters. The van der Waals surface area contributed by atoms with E-state index in [1.165, 1.54) is 12.8 Å². The third kappa shape index (κ3) is 2.72. The van der Waals surface area contributed by atoms with Gasteiger partial charge in [-0.1, -0.05) is 19.1 Å². The first-order valence-electron chi connectivity index (χ1n) is 6.39. The zero-order valence-electron chi connectivity index (χ0n) is 10.4. The van der Waals surface area contributed by atoms with E-state index in [0.29, 0.717) is 0 Å². The van der Waals surface area contributed by atoms with Gasteiger partial charge in [-0.25, -0.2) is 0 Å². The summed E-state index contributed by atoms with van der Waals surface area (Å²) >= 11 is 0. The van der Waals surface area contributed by atoms with Crippen LogP contribution in [0.5, 0.6) is 0 Å². The van der Waals surface area contributed by atoms with Gasteiger partial charge in [-0.3, -0.25) is 0 Å². The van der Waals surface area contributed by atoms with Crippen molar-refractivity contribution in [2.75, 3.05) is 17.7 Å². The van der Waals surface area contributed by atoms with Gasteiger partial charge in [0.2, 0.25) is 0 Å². The van der Waals surface area contributed by atoms with Crippen LogP contribution >= 0.6 is 0 Å². The zero-order chi connectivity index (χ0) is 12.3. The molecule has 17 heavy (non-hydrogen) atoms. The minimum Gasteiger partial charge on any atom is -0.397 e. The highest BCUT2D eigenvalue weighted by atomic mass is 16.3. The largest absolute Gasteiger partial charge is 0.397 e. The fourth-order valence-electron chi connectivity index (χ4n) is 2.53. The Labute approximate surface area is 103 Å². The van der Waals surface area contributed by atoms with Gasteiger partial charge in [0.25, 0.3) is 0 Å². The lowest BCUT2D eigenvalue weighted by molar-refractivity contribution is 0.155. The number of para-hydroxylation sites is 2. The molecule has 0 spiro atoms. The topological polar surface area (TPSA) is 58.3 Å². The highest BCUT2D eigenvalue weighted by Crippen LogP contribution is 2.35. The number of hydrogen-bond acceptors (Lipinski definition) is 3. The average Bonchev–Trinajstić information content (AvgIpc) is 2.35. The van der Waals surface area contributed by atoms with E-state index in [-0.39, 0.29) is 12.1 Å². The van der Waals surface area contributed by atoms with Crippen LogP contribution in [0.2, 0.25) is 0 Å². The molecule has 1 aromatic carbocycles. The van der Waals surface area contributed by atoms with E-state index in [2.05, 4.69) is 12.2 Å². The maximum Gasteiger partial charge on any atom is 0.0661 e. The number of nitrogens with one attached hydrogen (secondary N) is 1. The van der Waals surface area contributed by atoms with Gasteiger partial charge < -0.3 is 16.2 Å². The fourth-order valence-corrected chi connectivity index (χ4v) is 2.53. The molecule has 0 saturated heterocycles. The number of rotatable bonds is 3. The molecule has 0 aliphatic heterocycles. The Morgan fingerprint density at radius 1 is 1.35 bits per heavy atom. The molecule has 0 atom stereocenters. The van der Waals surface area contributed by atoms with E-state index in [4.69, 9.17) is 5.73 Å². The summed E-state index contributed by atoms with van der Waals surface area (Å²) in [6.45, 7) is 2.45. The quantitative estimate of drug-likeness (QED) is 0.705. The first kappa shape index (κ1) is 12.2. The van der Waals surface area contributed by atoms with Crippen LogP contribution in [0.25, 0.3) is 0 Å². The maximum atomic E-state index is 9.68. The second-order valence-corrected chi connectivity index (χ2v) is 5.33. The van der Waals surface area contributed by atoms with Crippen molar-refractivity contribution in [1.29, 1.82) is 0 Å². The van der Waals surface area contributed by atoms with Crippen molar-refractivity contribution in [3.63, 3.8) is 0 Å². The number of aliphatic hydroxyl groups is 1. The molecule has 0 amide bonds. The number of hydrogen-bond donors (Lipinski definition) is 3. The van der Waals surface area contributed by atoms with Crippen LogP contribution in [0.3, 0.4) is 0 Å². The first-order chi connectivity index (χ1) is 8.15. The Balaban J connectivity index is 2.12. The Hall–Kier alpha value is -1.22. The lowest BCUT2D eigenvalue weighted by atomic mass is 9.77. The Morgan fingerprint density at radius 3 is 2.59 bits per heavy atom. The third-order valence-corrected chi connectivity index (χ3v) is 3.89. The van der Waals surface area contributed by atoms with E-state index in [1.807, 2.05) is 24.3 Å². The first-order valence-corrected chi connectivity index (χ1v) is 6.39. The molecule has 1 saturated carbocycles. The fraction of sp³-hybridized carbons (Fsp3) is 0.571. The summed E-state index contributed by atoms with van der Waals surface area (Å²) in [7, 11) is 0. The summed E-state index contributed by atoms with van der Waals surface area (Å²) < 4.78 is 0. The molecule has 0 radical (unpaired) electrons. The lowest BCUT2D eigenvalue weighted by Crippen LogP contribution is -2.45. The normalized spacial score (nSPS) is 28.9. The highest BCUT2D eigenvalue weighted by Gasteiger charge is 2.33. The van der Waals surface area contributed by atoms with Crippen LogP contribution < -0.4 is 11.1 Å². The molecule has 2 rings (SSSR count). The van der Waals surface area contributed by atoms with Crippen molar-refractivity contribution in [2.45, 2.75) is 38.1 Å². The number of anilines is 2. The average molecular weight is 234 g/mol. The molecule has 1 aliphatic rings. The predicted molar refractivity (Wildman–Crippen MR) is 71.9 cm³/mol. The van der Waals surface area contributed by atoms with Crippen LogP contribution in [0.1, 0.15) is 32.6 Å². The second-order valence-electron chi connectivity index (χ2n) is 5.33. The SMILES string of the molecule is CC1CCC(CO)(Nc2ccccc2N)CC1. The number of aliphatic hydroxyl groups excluding tert-OH is 1. The molecule has 0 aromatic heterocycles. The van der Waals surface area contributed by atoms with Crippen molar-refractivity contribution in [3.05, 3.63) is 24.3 Å². The lowest BCUT2D eigenvalue weighted by Gasteiger charge is -2.39. The van der Waals surface area contributed by atoms with Gasteiger partial charge in [-0.2, -0.15) is 0 Å². The zero-order valence-corrected chi connectivity index (χ0v) is 10.4. The van der Waals surface area contributed by atoms with Gasteiger partial charge in [0.1, 0.15) is 0 Å². The highest BCUT2D eigenvalue weighted by molar-refractivity contribution is 5.66. The number of nitrogens with two attached hydrogens (primary N) is 1. The van der Waals surface area contributed by atoms with Crippen molar-refractivity contribution >= 4 is 11.4 Å². The molecule has 1 fully saturated rings. The van der Waals surface area contributed by atoms with E-state index in [0.717, 1.165) is 30.1 Å². The van der Waals surface area contributed by atoms with Crippen LogP contribution in [-0.2, 0) is 0 Å². The van der Waals surface area contributed by atoms with E-state index in [9.17, 15) is 5.11 Å². The Morgan fingerprint density at radius 2 is 2.00 bits per heavy atom. The van der Waals surface area contributed by atoms with E-state index >= 15 is 0 Å². The smallest absolute Gasteiger partial charge is 0.0661 e. The molecule has 0 heterocycles. The van der Waals surface area contributed by atoms with Crippen LogP contribution in [-0.4, -0.2) is 17.3 Å². The molecule has 94 valence electrons. The number of benzene rings is 1. The van der Waals surface area contributed by atoms with Crippen molar-refractivity contribution in [2.24, 2.45) is 5.92 Å². The number of nitrogen functional groups attached to an aromatic ring is 1. The molecule has 4 N–H and O–H groups in total. The van der Waals surface area contributed by atoms with Crippen LogP contribution in [0.4, 0.5) is 11.4 Å². The monoisotopic (exact) mass is 234 g/mol. The third-order valence-electron chi connectivity index (χ3n) is 3.89. The predicted octanol–water partition coefficient (Wildman–Crippen LogP) is 2.62. The van der Waals surface area contributed by atoms with Crippen LogP contribution in [0.15, 0.2) is 24.3 Å². The van der Waals surface area contributed by atoms with Crippen molar-refractivity contribution < 1.29 is 5.11 Å². The van der Waals surface area contributed by atoms with Gasteiger partial charge in [-0.05, 0) is 43.7 Å². The van der Waals surface area contributed by atoms with Gasteiger partial charge in [0, 0.05) is 0 Å². The molecule has 0 bridgehead atoms. The molecular weight excluding hydrogens is 212 g/mol. The molecule has 3 nitrogen and oxygen atoms in total. The molecule has 1 aliphatic carbocycles. The second kappa shape index (κ2) is 4.96. The standard InChI is InChI=1S/C14H22N2O/c1-11-6-8-14(10-17,9-7-11)16-13-5-3-2-4-12(13)15/h2-5,11,16-17H,6-10,15H2,1H3. The maximum absolute atomic E-state index is 9.68. The summed E-state index contributed by atoms with van der Waals surface area (Å²) in [5.74, 6) is 0.768. The summed E-state index contributed by atoms with van der Waals surface area (Å²) in [4.78, 5) is 0. The van der Waals surface area contributed by atoms with Gasteiger partial charge in [0.05, 0.1) is 23.5 Å². The van der Waals surface area contributed by atoms with Crippen molar-refractivity contribution in [3.8, 4) is 0 Å². The molecule has 1 aromatic rings. The molecule has 3 heteroatoms. The van der Waals surface area contributed by atoms with Crippen LogP contribution in [0, 0.1) is 5.92 Å². The van der Waals surface area contributed by atoms with Gasteiger partial charge in [0.15, 0.2) is 0 Å². The summed E-state index contributed by atoms with van der Waals surface area (Å²) in [6, 6.07) is 7.76. The van der Waals surface area contributed by atoms with E-state index < -0.39 is 0 Å². The minimum atomic E-state index is -0.179.